The Morgan fingerprint density at radius 2 is 2.11 bits per heavy atom. The number of ether oxygens (including phenoxy) is 1. The van der Waals surface area contributed by atoms with E-state index in [9.17, 15) is 0 Å². The first-order valence-electron chi connectivity index (χ1n) is 6.92. The smallest absolute Gasteiger partial charge is 0.221 e. The maximum atomic E-state index is 5.49. The molecule has 0 spiro atoms. The first-order chi connectivity index (χ1) is 9.06. The van der Waals surface area contributed by atoms with Crippen LogP contribution < -0.4 is 15.0 Å². The molecule has 0 aliphatic carbocycles. The van der Waals surface area contributed by atoms with Gasteiger partial charge in [0, 0.05) is 20.1 Å². The molecule has 5 nitrogen and oxygen atoms in total. The lowest BCUT2D eigenvalue weighted by Gasteiger charge is -2.21. The summed E-state index contributed by atoms with van der Waals surface area (Å²) in [5, 5.41) is 3.43. The van der Waals surface area contributed by atoms with E-state index in [4.69, 9.17) is 4.74 Å². The number of rotatable bonds is 8. The fourth-order valence-corrected chi connectivity index (χ4v) is 1.84. The van der Waals surface area contributed by atoms with Crippen molar-refractivity contribution in [2.75, 3.05) is 38.2 Å². The van der Waals surface area contributed by atoms with Gasteiger partial charge in [-0.25, -0.2) is 9.97 Å². The van der Waals surface area contributed by atoms with Crippen LogP contribution in [0.5, 0.6) is 5.88 Å². The lowest BCUT2D eigenvalue weighted by atomic mass is 10.2. The topological polar surface area (TPSA) is 50.3 Å². The first kappa shape index (κ1) is 15.7. The predicted octanol–water partition coefficient (Wildman–Crippen LogP) is 1.87. The standard InChI is InChI=1S/C14H26N4O/c1-6-19-14-12(4)13(16-10-17-14)18(5)8-7-15-9-11(2)3/h10-11,15H,6-9H2,1-5H3. The Balaban J connectivity index is 2.56. The van der Waals surface area contributed by atoms with Gasteiger partial charge in [0.25, 0.3) is 0 Å². The van der Waals surface area contributed by atoms with Gasteiger partial charge in [-0.1, -0.05) is 13.8 Å². The average Bonchev–Trinajstić information content (AvgIpc) is 2.37. The third-order valence-electron chi connectivity index (χ3n) is 2.83. The molecule has 0 aliphatic heterocycles. The molecule has 0 unspecified atom stereocenters. The molecule has 0 bridgehead atoms. The Kier molecular flexibility index (Phi) is 6.56. The number of likely N-dealkylation sites (N-methyl/N-ethyl adjacent to an activating group) is 1. The summed E-state index contributed by atoms with van der Waals surface area (Å²) in [4.78, 5) is 10.6. The highest BCUT2D eigenvalue weighted by molar-refractivity contribution is 5.49. The van der Waals surface area contributed by atoms with Gasteiger partial charge in [0.1, 0.15) is 12.1 Å². The van der Waals surface area contributed by atoms with E-state index < -0.39 is 0 Å². The number of nitrogens with zero attached hydrogens (tertiary/aromatic N) is 3. The number of aromatic nitrogens is 2. The van der Waals surface area contributed by atoms with Crippen LogP contribution in [-0.4, -0.2) is 43.3 Å². The Labute approximate surface area is 116 Å². The maximum absolute atomic E-state index is 5.49. The molecule has 19 heavy (non-hydrogen) atoms. The van der Waals surface area contributed by atoms with Crippen molar-refractivity contribution in [3.8, 4) is 5.88 Å². The number of nitrogens with one attached hydrogen (secondary N) is 1. The molecule has 1 N–H and O–H groups in total. The highest BCUT2D eigenvalue weighted by Crippen LogP contribution is 2.22. The maximum Gasteiger partial charge on any atom is 0.221 e. The lowest BCUT2D eigenvalue weighted by molar-refractivity contribution is 0.323. The van der Waals surface area contributed by atoms with E-state index in [0.29, 0.717) is 18.4 Å². The Hall–Kier alpha value is -1.36. The van der Waals surface area contributed by atoms with Crippen LogP contribution in [-0.2, 0) is 0 Å². The summed E-state index contributed by atoms with van der Waals surface area (Å²) in [7, 11) is 2.04. The number of anilines is 1. The van der Waals surface area contributed by atoms with E-state index in [1.54, 1.807) is 6.33 Å². The van der Waals surface area contributed by atoms with Crippen LogP contribution >= 0.6 is 0 Å². The summed E-state index contributed by atoms with van der Waals surface area (Å²) >= 11 is 0. The van der Waals surface area contributed by atoms with Gasteiger partial charge in [-0.15, -0.1) is 0 Å². The van der Waals surface area contributed by atoms with Crippen molar-refractivity contribution >= 4 is 5.82 Å². The molecule has 0 atom stereocenters. The van der Waals surface area contributed by atoms with Gasteiger partial charge in [-0.3, -0.25) is 0 Å². The van der Waals surface area contributed by atoms with Gasteiger partial charge in [0.05, 0.1) is 12.2 Å². The predicted molar refractivity (Wildman–Crippen MR) is 78.9 cm³/mol. The third kappa shape index (κ3) is 5.03. The average molecular weight is 266 g/mol. The van der Waals surface area contributed by atoms with Crippen molar-refractivity contribution in [3.05, 3.63) is 11.9 Å². The fourth-order valence-electron chi connectivity index (χ4n) is 1.84. The molecule has 1 heterocycles. The summed E-state index contributed by atoms with van der Waals surface area (Å²) in [5.74, 6) is 2.29. The highest BCUT2D eigenvalue weighted by Gasteiger charge is 2.11. The van der Waals surface area contributed by atoms with Crippen LogP contribution in [0.1, 0.15) is 26.3 Å². The molecule has 0 aromatic carbocycles. The van der Waals surface area contributed by atoms with Gasteiger partial charge >= 0.3 is 0 Å². The van der Waals surface area contributed by atoms with Crippen molar-refractivity contribution in [3.63, 3.8) is 0 Å². The van der Waals surface area contributed by atoms with Crippen molar-refractivity contribution < 1.29 is 4.74 Å². The zero-order chi connectivity index (χ0) is 14.3. The summed E-state index contributed by atoms with van der Waals surface area (Å²) in [5.41, 5.74) is 0.996. The van der Waals surface area contributed by atoms with Crippen molar-refractivity contribution in [2.24, 2.45) is 5.92 Å². The molecule has 1 aromatic rings. The van der Waals surface area contributed by atoms with E-state index in [1.807, 2.05) is 20.9 Å². The quantitative estimate of drug-likeness (QED) is 0.728. The molecule has 0 radical (unpaired) electrons. The van der Waals surface area contributed by atoms with Crippen LogP contribution in [0.2, 0.25) is 0 Å². The zero-order valence-electron chi connectivity index (χ0n) is 12.7. The largest absolute Gasteiger partial charge is 0.478 e. The van der Waals surface area contributed by atoms with Crippen molar-refractivity contribution in [2.45, 2.75) is 27.7 Å². The van der Waals surface area contributed by atoms with Crippen LogP contribution in [0.3, 0.4) is 0 Å². The lowest BCUT2D eigenvalue weighted by Crippen LogP contribution is -2.32. The summed E-state index contributed by atoms with van der Waals surface area (Å²) < 4.78 is 5.49. The summed E-state index contributed by atoms with van der Waals surface area (Å²) in [6, 6.07) is 0. The van der Waals surface area contributed by atoms with Gasteiger partial charge < -0.3 is 15.0 Å². The van der Waals surface area contributed by atoms with Gasteiger partial charge in [0.15, 0.2) is 0 Å². The Bertz CT molecular complexity index is 382. The fraction of sp³-hybridized carbons (Fsp3) is 0.714. The van der Waals surface area contributed by atoms with E-state index >= 15 is 0 Å². The molecular formula is C14H26N4O. The van der Waals surface area contributed by atoms with E-state index in [-0.39, 0.29) is 0 Å². The van der Waals surface area contributed by atoms with Crippen LogP contribution in [0.4, 0.5) is 5.82 Å². The normalized spacial score (nSPS) is 10.8. The molecule has 0 amide bonds. The molecule has 0 fully saturated rings. The molecule has 5 heteroatoms. The van der Waals surface area contributed by atoms with Crippen LogP contribution in [0.25, 0.3) is 0 Å². The number of hydrogen-bond acceptors (Lipinski definition) is 5. The third-order valence-corrected chi connectivity index (χ3v) is 2.83. The van der Waals surface area contributed by atoms with Crippen LogP contribution in [0, 0.1) is 12.8 Å². The first-order valence-corrected chi connectivity index (χ1v) is 6.92. The molecule has 0 aliphatic rings. The van der Waals surface area contributed by atoms with Crippen molar-refractivity contribution in [1.82, 2.24) is 15.3 Å². The molecule has 0 saturated heterocycles. The molecule has 1 rings (SSSR count). The van der Waals surface area contributed by atoms with Crippen molar-refractivity contribution in [1.29, 1.82) is 0 Å². The van der Waals surface area contributed by atoms with E-state index in [0.717, 1.165) is 31.0 Å². The monoisotopic (exact) mass is 266 g/mol. The summed E-state index contributed by atoms with van der Waals surface area (Å²) in [6.45, 7) is 11.9. The molecular weight excluding hydrogens is 240 g/mol. The SMILES string of the molecule is CCOc1ncnc(N(C)CCNCC(C)C)c1C. The molecule has 0 saturated carbocycles. The Morgan fingerprint density at radius 3 is 2.74 bits per heavy atom. The van der Waals surface area contributed by atoms with Gasteiger partial charge in [0.2, 0.25) is 5.88 Å². The highest BCUT2D eigenvalue weighted by atomic mass is 16.5. The number of hydrogen-bond donors (Lipinski definition) is 1. The van der Waals surface area contributed by atoms with Gasteiger partial charge in [-0.05, 0) is 26.3 Å². The van der Waals surface area contributed by atoms with Gasteiger partial charge in [-0.2, -0.15) is 0 Å². The minimum absolute atomic E-state index is 0.622. The second-order valence-corrected chi connectivity index (χ2v) is 5.08. The van der Waals surface area contributed by atoms with E-state index in [1.165, 1.54) is 0 Å². The second-order valence-electron chi connectivity index (χ2n) is 5.08. The van der Waals surface area contributed by atoms with Crippen LogP contribution in [0.15, 0.2) is 6.33 Å². The zero-order valence-corrected chi connectivity index (χ0v) is 12.7. The minimum atomic E-state index is 0.622. The molecule has 108 valence electrons. The molecule has 1 aromatic heterocycles. The Morgan fingerprint density at radius 1 is 1.37 bits per heavy atom. The second kappa shape index (κ2) is 7.94. The summed E-state index contributed by atoms with van der Waals surface area (Å²) in [6.07, 6.45) is 1.56. The van der Waals surface area contributed by atoms with E-state index in [2.05, 4.69) is 34.0 Å². The minimum Gasteiger partial charge on any atom is -0.478 e.